The minimum atomic E-state index is -0.519. The molecule has 6 heteroatoms. The summed E-state index contributed by atoms with van der Waals surface area (Å²) in [5, 5.41) is 0.954. The Morgan fingerprint density at radius 1 is 1.09 bits per heavy atom. The molecule has 1 heterocycles. The molecule has 0 aliphatic carbocycles. The second kappa shape index (κ2) is 6.60. The van der Waals surface area contributed by atoms with Gasteiger partial charge in [0.25, 0.3) is 0 Å². The number of amides is 1. The Morgan fingerprint density at radius 3 is 2.48 bits per heavy atom. The number of rotatable bonds is 3. The van der Waals surface area contributed by atoms with Gasteiger partial charge in [-0.1, -0.05) is 35.3 Å². The smallest absolute Gasteiger partial charge is 0.316 e. The molecule has 0 saturated carbocycles. The van der Waals surface area contributed by atoms with Gasteiger partial charge in [0.1, 0.15) is 5.75 Å². The number of halogens is 2. The Bertz CT molecular complexity index is 746. The molecule has 1 atom stereocenters. The van der Waals surface area contributed by atoms with E-state index in [1.54, 1.807) is 53.4 Å². The van der Waals surface area contributed by atoms with Crippen LogP contribution in [0.2, 0.25) is 10.0 Å². The summed E-state index contributed by atoms with van der Waals surface area (Å²) < 4.78 is 5.31. The summed E-state index contributed by atoms with van der Waals surface area (Å²) in [7, 11) is 0. The molecule has 1 aliphatic rings. The van der Waals surface area contributed by atoms with Crippen molar-refractivity contribution in [3.8, 4) is 5.75 Å². The molecule has 0 bridgehead atoms. The third-order valence-electron chi connectivity index (χ3n) is 3.64. The molecule has 0 aromatic heterocycles. The zero-order chi connectivity index (χ0) is 16.4. The number of benzene rings is 2. The van der Waals surface area contributed by atoms with E-state index in [1.165, 1.54) is 0 Å². The summed E-state index contributed by atoms with van der Waals surface area (Å²) in [6.45, 7) is 0.281. The van der Waals surface area contributed by atoms with Crippen LogP contribution in [0.5, 0.6) is 5.75 Å². The molecule has 2 aromatic carbocycles. The minimum Gasteiger partial charge on any atom is -0.425 e. The van der Waals surface area contributed by atoms with Crippen LogP contribution in [0.4, 0.5) is 5.69 Å². The fraction of sp³-hybridized carbons (Fsp3) is 0.176. The lowest BCUT2D eigenvalue weighted by atomic mass is 10.1. The van der Waals surface area contributed by atoms with Crippen molar-refractivity contribution in [3.05, 3.63) is 58.6 Å². The number of para-hydroxylation sites is 1. The lowest BCUT2D eigenvalue weighted by molar-refractivity contribution is -0.139. The molecule has 4 nitrogen and oxygen atoms in total. The van der Waals surface area contributed by atoms with E-state index in [-0.39, 0.29) is 18.9 Å². The minimum absolute atomic E-state index is 0.117. The average molecular weight is 350 g/mol. The van der Waals surface area contributed by atoms with Crippen LogP contribution in [0.15, 0.2) is 48.5 Å². The molecule has 0 N–H and O–H groups in total. The van der Waals surface area contributed by atoms with Crippen LogP contribution < -0.4 is 9.64 Å². The van der Waals surface area contributed by atoms with Gasteiger partial charge in [0.15, 0.2) is 0 Å². The molecule has 1 aliphatic heterocycles. The SMILES string of the molecule is O=C(Oc1ccccc1Cl)[C@@H]1CC(=O)N(c2ccc(Cl)cc2)C1. The topological polar surface area (TPSA) is 46.6 Å². The van der Waals surface area contributed by atoms with Crippen LogP contribution in [0.3, 0.4) is 0 Å². The van der Waals surface area contributed by atoms with E-state index in [2.05, 4.69) is 0 Å². The van der Waals surface area contributed by atoms with E-state index >= 15 is 0 Å². The van der Waals surface area contributed by atoms with E-state index in [9.17, 15) is 9.59 Å². The van der Waals surface area contributed by atoms with Crippen molar-refractivity contribution in [2.45, 2.75) is 6.42 Å². The Kier molecular flexibility index (Phi) is 4.55. The normalized spacial score (nSPS) is 17.4. The Labute approximate surface area is 143 Å². The van der Waals surface area contributed by atoms with Crippen LogP contribution in [0, 0.1) is 5.92 Å². The maximum absolute atomic E-state index is 12.3. The van der Waals surface area contributed by atoms with E-state index in [4.69, 9.17) is 27.9 Å². The van der Waals surface area contributed by atoms with E-state index < -0.39 is 11.9 Å². The number of anilines is 1. The van der Waals surface area contributed by atoms with Crippen molar-refractivity contribution in [2.24, 2.45) is 5.92 Å². The first-order chi connectivity index (χ1) is 11.0. The zero-order valence-corrected chi connectivity index (χ0v) is 13.6. The summed E-state index contributed by atoms with van der Waals surface area (Å²) in [4.78, 5) is 26.0. The molecule has 0 unspecified atom stereocenters. The van der Waals surface area contributed by atoms with Crippen LogP contribution >= 0.6 is 23.2 Å². The van der Waals surface area contributed by atoms with Crippen molar-refractivity contribution in [3.63, 3.8) is 0 Å². The van der Waals surface area contributed by atoms with Crippen LogP contribution in [-0.2, 0) is 9.59 Å². The molecule has 1 fully saturated rings. The van der Waals surface area contributed by atoms with Gasteiger partial charge in [-0.05, 0) is 36.4 Å². The number of esters is 1. The van der Waals surface area contributed by atoms with Gasteiger partial charge in [0.05, 0.1) is 10.9 Å². The molecule has 3 rings (SSSR count). The van der Waals surface area contributed by atoms with Gasteiger partial charge in [-0.3, -0.25) is 9.59 Å². The number of nitrogens with zero attached hydrogens (tertiary/aromatic N) is 1. The number of hydrogen-bond donors (Lipinski definition) is 0. The monoisotopic (exact) mass is 349 g/mol. The third kappa shape index (κ3) is 3.49. The highest BCUT2D eigenvalue weighted by Crippen LogP contribution is 2.29. The number of ether oxygens (including phenoxy) is 1. The van der Waals surface area contributed by atoms with E-state index in [1.807, 2.05) is 0 Å². The number of hydrogen-bond acceptors (Lipinski definition) is 3. The first-order valence-electron chi connectivity index (χ1n) is 7.07. The molecule has 0 spiro atoms. The molecule has 1 amide bonds. The standard InChI is InChI=1S/C17H13Cl2NO3/c18-12-5-7-13(8-6-12)20-10-11(9-16(20)21)17(22)23-15-4-2-1-3-14(15)19/h1-8,11H,9-10H2/t11-/m1/s1. The quantitative estimate of drug-likeness (QED) is 0.622. The molecule has 0 radical (unpaired) electrons. The van der Waals surface area contributed by atoms with Gasteiger partial charge >= 0.3 is 5.97 Å². The summed E-state index contributed by atoms with van der Waals surface area (Å²) in [5.41, 5.74) is 0.715. The second-order valence-electron chi connectivity index (χ2n) is 5.23. The molecule has 2 aromatic rings. The lowest BCUT2D eigenvalue weighted by Crippen LogP contribution is -2.27. The molecular formula is C17H13Cl2NO3. The first kappa shape index (κ1) is 15.8. The fourth-order valence-corrected chi connectivity index (χ4v) is 2.76. The molecular weight excluding hydrogens is 337 g/mol. The number of carbonyl (C=O) groups excluding carboxylic acids is 2. The van der Waals surface area contributed by atoms with Crippen molar-refractivity contribution in [1.29, 1.82) is 0 Å². The Balaban J connectivity index is 1.71. The highest BCUT2D eigenvalue weighted by molar-refractivity contribution is 6.32. The lowest BCUT2D eigenvalue weighted by Gasteiger charge is -2.16. The predicted octanol–water partition coefficient (Wildman–Crippen LogP) is 3.95. The van der Waals surface area contributed by atoms with Gasteiger partial charge in [-0.25, -0.2) is 0 Å². The highest BCUT2D eigenvalue weighted by atomic mass is 35.5. The van der Waals surface area contributed by atoms with Crippen LogP contribution in [0.1, 0.15) is 6.42 Å². The van der Waals surface area contributed by atoms with Gasteiger partial charge in [0.2, 0.25) is 5.91 Å². The van der Waals surface area contributed by atoms with Crippen molar-refractivity contribution < 1.29 is 14.3 Å². The Hall–Kier alpha value is -2.04. The van der Waals surface area contributed by atoms with E-state index in [0.29, 0.717) is 21.5 Å². The first-order valence-corrected chi connectivity index (χ1v) is 7.82. The van der Waals surface area contributed by atoms with Crippen molar-refractivity contribution in [1.82, 2.24) is 0 Å². The van der Waals surface area contributed by atoms with E-state index in [0.717, 1.165) is 0 Å². The summed E-state index contributed by atoms with van der Waals surface area (Å²) in [6.07, 6.45) is 0.117. The largest absolute Gasteiger partial charge is 0.425 e. The van der Waals surface area contributed by atoms with Gasteiger partial charge in [-0.15, -0.1) is 0 Å². The summed E-state index contributed by atoms with van der Waals surface area (Å²) in [5.74, 6) is -0.789. The maximum atomic E-state index is 12.3. The molecule has 23 heavy (non-hydrogen) atoms. The fourth-order valence-electron chi connectivity index (χ4n) is 2.46. The van der Waals surface area contributed by atoms with Crippen LogP contribution in [-0.4, -0.2) is 18.4 Å². The van der Waals surface area contributed by atoms with Crippen LogP contribution in [0.25, 0.3) is 0 Å². The number of carbonyl (C=O) groups is 2. The van der Waals surface area contributed by atoms with Gasteiger partial charge in [0, 0.05) is 23.7 Å². The maximum Gasteiger partial charge on any atom is 0.316 e. The zero-order valence-electron chi connectivity index (χ0n) is 12.0. The second-order valence-corrected chi connectivity index (χ2v) is 6.08. The highest BCUT2D eigenvalue weighted by Gasteiger charge is 2.36. The average Bonchev–Trinajstić information content (AvgIpc) is 2.92. The Morgan fingerprint density at radius 2 is 1.78 bits per heavy atom. The summed E-state index contributed by atoms with van der Waals surface area (Å²) >= 11 is 11.8. The predicted molar refractivity (Wildman–Crippen MR) is 89.0 cm³/mol. The third-order valence-corrected chi connectivity index (χ3v) is 4.21. The molecule has 1 saturated heterocycles. The van der Waals surface area contributed by atoms with Gasteiger partial charge in [-0.2, -0.15) is 0 Å². The molecule has 118 valence electrons. The summed E-state index contributed by atoms with van der Waals surface area (Å²) in [6, 6.07) is 13.7. The van der Waals surface area contributed by atoms with Crippen molar-refractivity contribution in [2.75, 3.05) is 11.4 Å². The van der Waals surface area contributed by atoms with Crippen molar-refractivity contribution >= 4 is 40.8 Å². The van der Waals surface area contributed by atoms with Gasteiger partial charge < -0.3 is 9.64 Å².